The summed E-state index contributed by atoms with van der Waals surface area (Å²) in [6.07, 6.45) is 2.88. The Bertz CT molecular complexity index is 636. The average molecular weight is 295 g/mol. The van der Waals surface area contributed by atoms with Crippen LogP contribution >= 0.6 is 11.6 Å². The zero-order chi connectivity index (χ0) is 14.5. The third kappa shape index (κ3) is 3.12. The normalized spacial score (nSPS) is 10.1. The van der Waals surface area contributed by atoms with E-state index in [4.69, 9.17) is 16.3 Å². The van der Waals surface area contributed by atoms with E-state index in [1.165, 1.54) is 30.6 Å². The molecular weight excluding hydrogens is 284 g/mol. The van der Waals surface area contributed by atoms with E-state index in [0.717, 1.165) is 0 Å². The highest BCUT2D eigenvalue weighted by Crippen LogP contribution is 2.37. The summed E-state index contributed by atoms with van der Waals surface area (Å²) < 4.78 is 5.40. The van der Waals surface area contributed by atoms with Crippen LogP contribution in [0, 0.1) is 10.1 Å². The molecule has 0 radical (unpaired) electrons. The van der Waals surface area contributed by atoms with Crippen molar-refractivity contribution < 1.29 is 9.66 Å². The number of aromatic nitrogens is 2. The van der Waals surface area contributed by atoms with Crippen molar-refractivity contribution in [3.05, 3.63) is 45.7 Å². The molecule has 0 unspecified atom stereocenters. The standard InChI is InChI=1S/C12H11ClN4O3/c1-2-15-10-6-14-7-11(16-10)20-12-8(13)4-3-5-9(12)17(18)19/h3-7H,2H2,1H3,(H,15,16). The number of halogens is 1. The van der Waals surface area contributed by atoms with Gasteiger partial charge in [0.15, 0.2) is 0 Å². The minimum Gasteiger partial charge on any atom is -0.429 e. The van der Waals surface area contributed by atoms with E-state index in [9.17, 15) is 10.1 Å². The summed E-state index contributed by atoms with van der Waals surface area (Å²) in [7, 11) is 0. The van der Waals surface area contributed by atoms with Gasteiger partial charge in [-0.05, 0) is 13.0 Å². The molecule has 0 saturated carbocycles. The van der Waals surface area contributed by atoms with Gasteiger partial charge in [-0.2, -0.15) is 4.98 Å². The summed E-state index contributed by atoms with van der Waals surface area (Å²) in [6, 6.07) is 4.29. The monoisotopic (exact) mass is 294 g/mol. The molecule has 7 nitrogen and oxygen atoms in total. The van der Waals surface area contributed by atoms with Gasteiger partial charge in [-0.25, -0.2) is 0 Å². The van der Waals surface area contributed by atoms with Crippen LogP contribution in [-0.2, 0) is 0 Å². The van der Waals surface area contributed by atoms with E-state index >= 15 is 0 Å². The average Bonchev–Trinajstić information content (AvgIpc) is 2.41. The second-order valence-corrected chi connectivity index (χ2v) is 4.13. The number of anilines is 1. The van der Waals surface area contributed by atoms with E-state index in [1.807, 2.05) is 6.92 Å². The minimum absolute atomic E-state index is 0.0536. The molecule has 0 amide bonds. The van der Waals surface area contributed by atoms with Crippen molar-refractivity contribution in [2.75, 3.05) is 11.9 Å². The van der Waals surface area contributed by atoms with Crippen LogP contribution in [0.2, 0.25) is 5.02 Å². The first kappa shape index (κ1) is 14.0. The van der Waals surface area contributed by atoms with Gasteiger partial charge >= 0.3 is 5.69 Å². The lowest BCUT2D eigenvalue weighted by molar-refractivity contribution is -0.385. The number of nitro benzene ring substituents is 1. The molecule has 0 fully saturated rings. The van der Waals surface area contributed by atoms with Crippen molar-refractivity contribution in [2.45, 2.75) is 6.92 Å². The molecule has 0 aliphatic rings. The molecule has 0 spiro atoms. The van der Waals surface area contributed by atoms with Gasteiger partial charge in [0.05, 0.1) is 22.3 Å². The summed E-state index contributed by atoms with van der Waals surface area (Å²) >= 11 is 5.93. The fourth-order valence-electron chi connectivity index (χ4n) is 1.51. The largest absolute Gasteiger partial charge is 0.429 e. The molecular formula is C12H11ClN4O3. The number of benzene rings is 1. The maximum atomic E-state index is 11.0. The van der Waals surface area contributed by atoms with Gasteiger partial charge in [-0.1, -0.05) is 17.7 Å². The molecule has 20 heavy (non-hydrogen) atoms. The lowest BCUT2D eigenvalue weighted by atomic mass is 10.3. The molecule has 0 saturated heterocycles. The molecule has 1 N–H and O–H groups in total. The maximum absolute atomic E-state index is 11.0. The Morgan fingerprint density at radius 1 is 1.45 bits per heavy atom. The zero-order valence-corrected chi connectivity index (χ0v) is 11.3. The van der Waals surface area contributed by atoms with Crippen molar-refractivity contribution in [1.82, 2.24) is 9.97 Å². The summed E-state index contributed by atoms with van der Waals surface area (Å²) in [4.78, 5) is 18.4. The Morgan fingerprint density at radius 3 is 2.95 bits per heavy atom. The molecule has 8 heteroatoms. The van der Waals surface area contributed by atoms with Crippen molar-refractivity contribution in [3.63, 3.8) is 0 Å². The lowest BCUT2D eigenvalue weighted by Crippen LogP contribution is -2.01. The number of nitrogens with one attached hydrogen (secondary N) is 1. The Labute approximate surface area is 119 Å². The first-order chi connectivity index (χ1) is 9.61. The first-order valence-electron chi connectivity index (χ1n) is 5.78. The van der Waals surface area contributed by atoms with E-state index in [0.29, 0.717) is 12.4 Å². The molecule has 1 aromatic heterocycles. The number of ether oxygens (including phenoxy) is 1. The topological polar surface area (TPSA) is 90.2 Å². The fraction of sp³-hybridized carbons (Fsp3) is 0.167. The molecule has 2 aromatic rings. The van der Waals surface area contributed by atoms with E-state index in [-0.39, 0.29) is 22.3 Å². The second kappa shape index (κ2) is 6.16. The molecule has 1 aromatic carbocycles. The number of nitrogens with zero attached hydrogens (tertiary/aromatic N) is 3. The predicted molar refractivity (Wildman–Crippen MR) is 74.4 cm³/mol. The quantitative estimate of drug-likeness (QED) is 0.672. The third-order valence-electron chi connectivity index (χ3n) is 2.32. The number of rotatable bonds is 5. The van der Waals surface area contributed by atoms with Crippen LogP contribution < -0.4 is 10.1 Å². The molecule has 0 aliphatic heterocycles. The van der Waals surface area contributed by atoms with E-state index in [2.05, 4.69) is 15.3 Å². The number of hydrogen-bond donors (Lipinski definition) is 1. The fourth-order valence-corrected chi connectivity index (χ4v) is 1.72. The van der Waals surface area contributed by atoms with E-state index < -0.39 is 4.92 Å². The van der Waals surface area contributed by atoms with Crippen molar-refractivity contribution in [1.29, 1.82) is 0 Å². The summed E-state index contributed by atoms with van der Waals surface area (Å²) in [6.45, 7) is 2.58. The molecule has 0 atom stereocenters. The van der Waals surface area contributed by atoms with E-state index in [1.54, 1.807) is 0 Å². The number of hydrogen-bond acceptors (Lipinski definition) is 6. The molecule has 0 bridgehead atoms. The lowest BCUT2D eigenvalue weighted by Gasteiger charge is -2.08. The highest BCUT2D eigenvalue weighted by molar-refractivity contribution is 6.32. The second-order valence-electron chi connectivity index (χ2n) is 3.72. The van der Waals surface area contributed by atoms with Crippen LogP contribution in [0.25, 0.3) is 0 Å². The van der Waals surface area contributed by atoms with Crippen LogP contribution in [0.5, 0.6) is 11.6 Å². The zero-order valence-electron chi connectivity index (χ0n) is 10.5. The summed E-state index contributed by atoms with van der Waals surface area (Å²) in [5.74, 6) is 0.585. The first-order valence-corrected chi connectivity index (χ1v) is 6.16. The highest BCUT2D eigenvalue weighted by atomic mass is 35.5. The van der Waals surface area contributed by atoms with Crippen molar-refractivity contribution in [2.24, 2.45) is 0 Å². The Morgan fingerprint density at radius 2 is 2.25 bits per heavy atom. The SMILES string of the molecule is CCNc1cncc(Oc2c(Cl)cccc2[N+](=O)[O-])n1. The van der Waals surface area contributed by atoms with Gasteiger partial charge in [-0.15, -0.1) is 0 Å². The van der Waals surface area contributed by atoms with Crippen molar-refractivity contribution >= 4 is 23.1 Å². The van der Waals surface area contributed by atoms with Crippen LogP contribution in [0.4, 0.5) is 11.5 Å². The Hall–Kier alpha value is -2.41. The van der Waals surface area contributed by atoms with Gasteiger partial charge in [0, 0.05) is 12.6 Å². The Kier molecular flexibility index (Phi) is 4.31. The molecule has 1 heterocycles. The van der Waals surface area contributed by atoms with Crippen LogP contribution in [0.1, 0.15) is 6.92 Å². The summed E-state index contributed by atoms with van der Waals surface area (Å²) in [5, 5.41) is 14.1. The smallest absolute Gasteiger partial charge is 0.313 e. The van der Waals surface area contributed by atoms with Crippen LogP contribution in [-0.4, -0.2) is 21.4 Å². The minimum atomic E-state index is -0.567. The van der Waals surface area contributed by atoms with Gasteiger partial charge in [-0.3, -0.25) is 15.1 Å². The maximum Gasteiger partial charge on any atom is 0.313 e. The van der Waals surface area contributed by atoms with Crippen molar-refractivity contribution in [3.8, 4) is 11.6 Å². The van der Waals surface area contributed by atoms with Gasteiger partial charge < -0.3 is 10.1 Å². The Balaban J connectivity index is 2.34. The summed E-state index contributed by atoms with van der Waals surface area (Å²) in [5.41, 5.74) is -0.229. The van der Waals surface area contributed by atoms with Crippen LogP contribution in [0.3, 0.4) is 0 Å². The number of nitro groups is 1. The molecule has 104 valence electrons. The van der Waals surface area contributed by atoms with Gasteiger partial charge in [0.2, 0.25) is 11.6 Å². The highest BCUT2D eigenvalue weighted by Gasteiger charge is 2.19. The predicted octanol–water partition coefficient (Wildman–Crippen LogP) is 3.26. The van der Waals surface area contributed by atoms with Gasteiger partial charge in [0.1, 0.15) is 5.82 Å². The van der Waals surface area contributed by atoms with Crippen LogP contribution in [0.15, 0.2) is 30.6 Å². The molecule has 2 rings (SSSR count). The number of para-hydroxylation sites is 1. The molecule has 0 aliphatic carbocycles. The van der Waals surface area contributed by atoms with Gasteiger partial charge in [0.25, 0.3) is 0 Å². The third-order valence-corrected chi connectivity index (χ3v) is 2.62.